The first-order valence-corrected chi connectivity index (χ1v) is 12.5. The van der Waals surface area contributed by atoms with E-state index >= 15 is 0 Å². The number of ether oxygens (including phenoxy) is 3. The van der Waals surface area contributed by atoms with Crippen LogP contribution in [0.15, 0.2) is 65.6 Å². The predicted molar refractivity (Wildman–Crippen MR) is 115 cm³/mol. The number of sulfone groups is 1. The highest BCUT2D eigenvalue weighted by Crippen LogP contribution is 2.37. The number of carbonyl (C=O) groups excluding carboxylic acids is 1. The summed E-state index contributed by atoms with van der Waals surface area (Å²) in [6.45, 7) is 0.568. The van der Waals surface area contributed by atoms with Crippen molar-refractivity contribution in [3.05, 3.63) is 66.2 Å². The van der Waals surface area contributed by atoms with Crippen molar-refractivity contribution in [1.29, 1.82) is 0 Å². The standard InChI is InChI=1S/C24H28O6S/c25-23(18-9-3-1-4-10-18)28-15-19-11-7-8-14-22(19)24-29-16-20(30-24)17-31(26,27)21-12-5-2-6-13-21/h1-6,9-10,12-13,19-20,22,24H,7-8,11,14-17H2. The highest BCUT2D eigenvalue weighted by molar-refractivity contribution is 7.91. The van der Waals surface area contributed by atoms with E-state index in [-0.39, 0.29) is 30.2 Å². The Morgan fingerprint density at radius 1 is 0.968 bits per heavy atom. The largest absolute Gasteiger partial charge is 0.462 e. The molecule has 2 fully saturated rings. The molecule has 6 nitrogen and oxygen atoms in total. The maximum atomic E-state index is 12.7. The van der Waals surface area contributed by atoms with Gasteiger partial charge < -0.3 is 14.2 Å². The molecular formula is C24H28O6S. The van der Waals surface area contributed by atoms with Crippen LogP contribution in [0.5, 0.6) is 0 Å². The molecule has 1 aliphatic carbocycles. The summed E-state index contributed by atoms with van der Waals surface area (Å²) in [7, 11) is -3.44. The van der Waals surface area contributed by atoms with E-state index in [0.29, 0.717) is 17.1 Å². The molecule has 1 aliphatic heterocycles. The van der Waals surface area contributed by atoms with Crippen LogP contribution in [0.2, 0.25) is 0 Å². The van der Waals surface area contributed by atoms with E-state index in [2.05, 4.69) is 0 Å². The predicted octanol–water partition coefficient (Wildman–Crippen LogP) is 3.87. The van der Waals surface area contributed by atoms with E-state index in [9.17, 15) is 13.2 Å². The minimum absolute atomic E-state index is 0.0850. The third-order valence-corrected chi connectivity index (χ3v) is 7.84. The normalized spacial score (nSPS) is 26.5. The SMILES string of the molecule is O=C(OCC1CCCCC1C1OCC(CS(=O)(=O)c2ccccc2)O1)c1ccccc1. The Balaban J connectivity index is 1.34. The monoisotopic (exact) mass is 444 g/mol. The molecule has 1 saturated heterocycles. The molecule has 4 rings (SSSR count). The molecule has 0 aromatic heterocycles. The molecule has 4 atom stereocenters. The minimum atomic E-state index is -3.44. The Morgan fingerprint density at radius 2 is 1.65 bits per heavy atom. The Kier molecular flexibility index (Phi) is 7.05. The van der Waals surface area contributed by atoms with Crippen molar-refractivity contribution in [3.63, 3.8) is 0 Å². The molecule has 4 unspecified atom stereocenters. The molecule has 0 N–H and O–H groups in total. The van der Waals surface area contributed by atoms with Gasteiger partial charge in [-0.15, -0.1) is 0 Å². The Labute approximate surface area is 183 Å². The second-order valence-corrected chi connectivity index (χ2v) is 10.3. The quantitative estimate of drug-likeness (QED) is 0.604. The fraction of sp³-hybridized carbons (Fsp3) is 0.458. The lowest BCUT2D eigenvalue weighted by molar-refractivity contribution is -0.123. The van der Waals surface area contributed by atoms with Crippen LogP contribution in [0.25, 0.3) is 0 Å². The van der Waals surface area contributed by atoms with Crippen molar-refractivity contribution in [2.45, 2.75) is 43.0 Å². The zero-order valence-corrected chi connectivity index (χ0v) is 18.2. The second-order valence-electron chi connectivity index (χ2n) is 8.23. The summed E-state index contributed by atoms with van der Waals surface area (Å²) in [6, 6.07) is 17.4. The molecule has 1 heterocycles. The van der Waals surface area contributed by atoms with Crippen molar-refractivity contribution in [2.24, 2.45) is 11.8 Å². The van der Waals surface area contributed by atoms with Crippen molar-refractivity contribution in [3.8, 4) is 0 Å². The van der Waals surface area contributed by atoms with Gasteiger partial charge in [0.15, 0.2) is 16.1 Å². The van der Waals surface area contributed by atoms with Crippen molar-refractivity contribution in [2.75, 3.05) is 19.0 Å². The van der Waals surface area contributed by atoms with Crippen molar-refractivity contribution >= 4 is 15.8 Å². The Bertz CT molecular complexity index is 960. The third kappa shape index (κ3) is 5.53. The summed E-state index contributed by atoms with van der Waals surface area (Å²) in [5, 5.41) is 0. The maximum absolute atomic E-state index is 12.7. The zero-order chi connectivity index (χ0) is 21.7. The van der Waals surface area contributed by atoms with Gasteiger partial charge in [0.2, 0.25) is 0 Å². The molecular weight excluding hydrogens is 416 g/mol. The lowest BCUT2D eigenvalue weighted by atomic mass is 9.79. The molecule has 0 bridgehead atoms. The Morgan fingerprint density at radius 3 is 2.39 bits per heavy atom. The first-order chi connectivity index (χ1) is 15.0. The van der Waals surface area contributed by atoms with Crippen LogP contribution in [0.4, 0.5) is 0 Å². The van der Waals surface area contributed by atoms with Gasteiger partial charge in [-0.2, -0.15) is 0 Å². The molecule has 31 heavy (non-hydrogen) atoms. The van der Waals surface area contributed by atoms with Gasteiger partial charge in [0.1, 0.15) is 0 Å². The molecule has 0 spiro atoms. The van der Waals surface area contributed by atoms with E-state index in [0.717, 1.165) is 25.7 Å². The Hall–Kier alpha value is -2.22. The number of hydrogen-bond donors (Lipinski definition) is 0. The first kappa shape index (κ1) is 22.0. The van der Waals surface area contributed by atoms with Gasteiger partial charge >= 0.3 is 5.97 Å². The van der Waals surface area contributed by atoms with Crippen LogP contribution < -0.4 is 0 Å². The molecule has 1 saturated carbocycles. The number of hydrogen-bond acceptors (Lipinski definition) is 6. The topological polar surface area (TPSA) is 78.9 Å². The molecule has 7 heteroatoms. The summed E-state index contributed by atoms with van der Waals surface area (Å²) >= 11 is 0. The summed E-state index contributed by atoms with van der Waals surface area (Å²) < 4.78 is 42.8. The number of esters is 1. The van der Waals surface area contributed by atoms with Gasteiger partial charge in [0.25, 0.3) is 0 Å². The molecule has 0 amide bonds. The lowest BCUT2D eigenvalue weighted by Crippen LogP contribution is -2.35. The van der Waals surface area contributed by atoms with Gasteiger partial charge in [0.05, 0.1) is 35.5 Å². The average Bonchev–Trinajstić information content (AvgIpc) is 3.26. The van der Waals surface area contributed by atoms with Crippen LogP contribution >= 0.6 is 0 Å². The number of benzene rings is 2. The lowest BCUT2D eigenvalue weighted by Gasteiger charge is -2.34. The van der Waals surface area contributed by atoms with Crippen LogP contribution in [-0.2, 0) is 24.0 Å². The van der Waals surface area contributed by atoms with E-state index < -0.39 is 22.2 Å². The van der Waals surface area contributed by atoms with E-state index in [1.54, 1.807) is 42.5 Å². The van der Waals surface area contributed by atoms with Crippen LogP contribution in [-0.4, -0.2) is 45.7 Å². The summed E-state index contributed by atoms with van der Waals surface area (Å²) in [4.78, 5) is 12.6. The molecule has 2 aromatic rings. The van der Waals surface area contributed by atoms with Gasteiger partial charge in [-0.25, -0.2) is 13.2 Å². The number of rotatable bonds is 7. The summed E-state index contributed by atoms with van der Waals surface area (Å²) in [6.07, 6.45) is 3.02. The van der Waals surface area contributed by atoms with Gasteiger partial charge in [0, 0.05) is 11.8 Å². The smallest absolute Gasteiger partial charge is 0.338 e. The molecule has 2 aliphatic rings. The van der Waals surface area contributed by atoms with Crippen molar-refractivity contribution in [1.82, 2.24) is 0 Å². The average molecular weight is 445 g/mol. The van der Waals surface area contributed by atoms with Crippen LogP contribution in [0, 0.1) is 11.8 Å². The van der Waals surface area contributed by atoms with Gasteiger partial charge in [-0.1, -0.05) is 49.2 Å². The highest BCUT2D eigenvalue weighted by Gasteiger charge is 2.40. The van der Waals surface area contributed by atoms with Crippen LogP contribution in [0.1, 0.15) is 36.0 Å². The van der Waals surface area contributed by atoms with Crippen molar-refractivity contribution < 1.29 is 27.4 Å². The second kappa shape index (κ2) is 9.94. The fourth-order valence-electron chi connectivity index (χ4n) is 4.39. The van der Waals surface area contributed by atoms with Gasteiger partial charge in [-0.05, 0) is 37.1 Å². The third-order valence-electron chi connectivity index (χ3n) is 6.04. The molecule has 0 radical (unpaired) electrons. The maximum Gasteiger partial charge on any atom is 0.338 e. The van der Waals surface area contributed by atoms with E-state index in [4.69, 9.17) is 14.2 Å². The van der Waals surface area contributed by atoms with E-state index in [1.807, 2.05) is 18.2 Å². The summed E-state index contributed by atoms with van der Waals surface area (Å²) in [5.74, 6) is -0.212. The molecule has 2 aromatic carbocycles. The minimum Gasteiger partial charge on any atom is -0.462 e. The van der Waals surface area contributed by atoms with Gasteiger partial charge in [-0.3, -0.25) is 0 Å². The fourth-order valence-corrected chi connectivity index (χ4v) is 5.82. The molecule has 166 valence electrons. The van der Waals surface area contributed by atoms with E-state index in [1.165, 1.54) is 0 Å². The van der Waals surface area contributed by atoms with Crippen LogP contribution in [0.3, 0.4) is 0 Å². The summed E-state index contributed by atoms with van der Waals surface area (Å²) in [5.41, 5.74) is 0.536. The highest BCUT2D eigenvalue weighted by atomic mass is 32.2. The zero-order valence-electron chi connectivity index (χ0n) is 17.4. The first-order valence-electron chi connectivity index (χ1n) is 10.8. The number of carbonyl (C=O) groups is 1.